The quantitative estimate of drug-likeness (QED) is 0.258. The van der Waals surface area contributed by atoms with E-state index in [1.807, 2.05) is 22.8 Å². The highest BCUT2D eigenvalue weighted by Crippen LogP contribution is 2.29. The topological polar surface area (TPSA) is 133 Å². The summed E-state index contributed by atoms with van der Waals surface area (Å²) in [5, 5.41) is 19.7. The predicted octanol–water partition coefficient (Wildman–Crippen LogP) is 3.06. The molecule has 0 bridgehead atoms. The molecule has 0 saturated heterocycles. The molecule has 0 radical (unpaired) electrons. The van der Waals surface area contributed by atoms with Crippen LogP contribution in [0.1, 0.15) is 24.9 Å². The Morgan fingerprint density at radius 3 is 2.41 bits per heavy atom. The van der Waals surface area contributed by atoms with Gasteiger partial charge in [-0.15, -0.1) is 14.7 Å². The second-order valence-corrected chi connectivity index (χ2v) is 8.35. The first-order valence-corrected chi connectivity index (χ1v) is 11.4. The molecule has 1 unspecified atom stereocenters. The number of ether oxygens (including phenoxy) is 3. The lowest BCUT2D eigenvalue weighted by Gasteiger charge is -2.27. The number of nitrogens with one attached hydrogen (secondary N) is 1. The van der Waals surface area contributed by atoms with Crippen LogP contribution in [0.5, 0.6) is 0 Å². The van der Waals surface area contributed by atoms with Gasteiger partial charge in [0, 0.05) is 39.9 Å². The summed E-state index contributed by atoms with van der Waals surface area (Å²) in [6, 6.07) is 4.74. The van der Waals surface area contributed by atoms with Gasteiger partial charge in [-0.2, -0.15) is 0 Å². The van der Waals surface area contributed by atoms with Gasteiger partial charge in [0.25, 0.3) is 0 Å². The molecule has 0 spiro atoms. The van der Waals surface area contributed by atoms with Crippen molar-refractivity contribution in [3.05, 3.63) is 47.6 Å². The van der Waals surface area contributed by atoms with Gasteiger partial charge in [0.15, 0.2) is 11.6 Å². The van der Waals surface area contributed by atoms with Crippen LogP contribution < -0.4 is 4.72 Å². The number of nitrogens with zero attached hydrogens (tertiary/aromatic N) is 7. The van der Waals surface area contributed by atoms with E-state index >= 15 is 0 Å². The third-order valence-electron chi connectivity index (χ3n) is 4.84. The van der Waals surface area contributed by atoms with E-state index in [4.69, 9.17) is 25.8 Å². The van der Waals surface area contributed by atoms with Crippen LogP contribution in [0.15, 0.2) is 36.8 Å². The summed E-state index contributed by atoms with van der Waals surface area (Å²) in [5.74, 6) is 1.30. The van der Waals surface area contributed by atoms with Crippen LogP contribution in [0.2, 0.25) is 5.02 Å². The van der Waals surface area contributed by atoms with Crippen LogP contribution in [0, 0.1) is 0 Å². The number of aromatic nitrogens is 6. The van der Waals surface area contributed by atoms with Crippen LogP contribution in [-0.2, 0) is 14.2 Å². The van der Waals surface area contributed by atoms with Gasteiger partial charge < -0.3 is 19.4 Å². The number of hydroxylamine groups is 1. The molecule has 3 aromatic heterocycles. The number of rotatable bonds is 13. The molecule has 0 aliphatic carbocycles. The molecule has 12 nitrogen and oxygen atoms in total. The number of halogens is 1. The molecule has 0 aromatic carbocycles. The van der Waals surface area contributed by atoms with Gasteiger partial charge in [-0.25, -0.2) is 9.97 Å². The summed E-state index contributed by atoms with van der Waals surface area (Å²) in [5.41, 5.74) is 0.638. The summed E-state index contributed by atoms with van der Waals surface area (Å²) >= 11 is 6.78. The Kier molecular flexibility index (Phi) is 9.95. The minimum atomic E-state index is -0.617. The van der Waals surface area contributed by atoms with E-state index in [-0.39, 0.29) is 6.04 Å². The average Bonchev–Trinajstić information content (AvgIpc) is 3.28. The fourth-order valence-corrected chi connectivity index (χ4v) is 3.92. The molecule has 34 heavy (non-hydrogen) atoms. The summed E-state index contributed by atoms with van der Waals surface area (Å²) in [6.07, 6.45) is 4.01. The smallest absolute Gasteiger partial charge is 0.236 e. The van der Waals surface area contributed by atoms with Crippen LogP contribution in [0.3, 0.4) is 0 Å². The Morgan fingerprint density at radius 2 is 1.82 bits per heavy atom. The van der Waals surface area contributed by atoms with Crippen LogP contribution in [0.25, 0.3) is 11.5 Å². The van der Waals surface area contributed by atoms with Crippen LogP contribution >= 0.6 is 23.7 Å². The lowest BCUT2D eigenvalue weighted by molar-refractivity contribution is -0.0760. The molecule has 0 amide bonds. The van der Waals surface area contributed by atoms with E-state index in [0.29, 0.717) is 41.5 Å². The van der Waals surface area contributed by atoms with Crippen molar-refractivity contribution >= 4 is 29.7 Å². The molecule has 0 saturated carbocycles. The van der Waals surface area contributed by atoms with Gasteiger partial charge in [-0.1, -0.05) is 17.7 Å². The second-order valence-electron chi connectivity index (χ2n) is 7.15. The van der Waals surface area contributed by atoms with Crippen molar-refractivity contribution in [3.8, 4) is 11.5 Å². The van der Waals surface area contributed by atoms with Crippen molar-refractivity contribution in [2.45, 2.75) is 25.1 Å². The molecule has 14 heteroatoms. The Labute approximate surface area is 206 Å². The van der Waals surface area contributed by atoms with E-state index in [9.17, 15) is 5.21 Å². The predicted molar refractivity (Wildman–Crippen MR) is 127 cm³/mol. The maximum absolute atomic E-state index is 10.7. The van der Waals surface area contributed by atoms with Gasteiger partial charge in [-0.3, -0.25) is 14.3 Å². The first-order chi connectivity index (χ1) is 16.5. The van der Waals surface area contributed by atoms with Crippen LogP contribution in [0.4, 0.5) is 5.95 Å². The number of pyridine rings is 1. The van der Waals surface area contributed by atoms with E-state index < -0.39 is 12.1 Å². The molecule has 3 aromatic rings. The standard InChI is InChI=1S/C20H27ClN8O4S/c1-13(17(33-4)18-23-9-14(21)10-24-18)29(30)34-27-20-26-25-19(16-7-5-6-8-22-16)28(20)15(11-31-2)12-32-3/h5-10,13,15,17,30H,11-12H2,1-4H3,(H,26,27)/t13-,17?/m1/s1. The lowest BCUT2D eigenvalue weighted by Crippen LogP contribution is -2.33. The van der Waals surface area contributed by atoms with Gasteiger partial charge in [0.05, 0.1) is 42.5 Å². The molecule has 184 valence electrons. The maximum Gasteiger partial charge on any atom is 0.236 e. The number of anilines is 1. The SMILES string of the molecule is COCC(COC)n1c(NSN(O)[C@H](C)C(OC)c2ncc(Cl)cn2)nnc1-c1ccccn1. The Hall–Kier alpha value is -2.39. The normalized spacial score (nSPS) is 13.4. The maximum atomic E-state index is 10.7. The fourth-order valence-electron chi connectivity index (χ4n) is 3.23. The van der Waals surface area contributed by atoms with E-state index in [0.717, 1.165) is 16.6 Å². The second kappa shape index (κ2) is 12.9. The van der Waals surface area contributed by atoms with Crippen molar-refractivity contribution in [2.75, 3.05) is 39.3 Å². The summed E-state index contributed by atoms with van der Waals surface area (Å²) in [7, 11) is 4.73. The van der Waals surface area contributed by atoms with Crippen molar-refractivity contribution in [1.82, 2.24) is 34.2 Å². The zero-order chi connectivity index (χ0) is 24.5. The van der Waals surface area contributed by atoms with Gasteiger partial charge >= 0.3 is 0 Å². The first kappa shape index (κ1) is 26.2. The molecule has 2 atom stereocenters. The van der Waals surface area contributed by atoms with Crippen molar-refractivity contribution < 1.29 is 19.4 Å². The number of hydrogen-bond acceptors (Lipinski definition) is 12. The minimum absolute atomic E-state index is 0.246. The first-order valence-electron chi connectivity index (χ1n) is 10.3. The molecule has 3 rings (SSSR count). The third kappa shape index (κ3) is 6.39. The molecule has 2 N–H and O–H groups in total. The molecule has 3 heterocycles. The van der Waals surface area contributed by atoms with Crippen molar-refractivity contribution in [3.63, 3.8) is 0 Å². The van der Waals surface area contributed by atoms with Gasteiger partial charge in [0.1, 0.15) is 11.8 Å². The molecule has 0 fully saturated rings. The van der Waals surface area contributed by atoms with Crippen molar-refractivity contribution in [2.24, 2.45) is 0 Å². The lowest BCUT2D eigenvalue weighted by atomic mass is 10.2. The fraction of sp³-hybridized carbons (Fsp3) is 0.450. The Balaban J connectivity index is 1.81. The largest absolute Gasteiger partial charge is 0.382 e. The van der Waals surface area contributed by atoms with E-state index in [1.54, 1.807) is 27.3 Å². The molecular formula is C20H27ClN8O4S. The highest BCUT2D eigenvalue weighted by atomic mass is 35.5. The summed E-state index contributed by atoms with van der Waals surface area (Å²) in [4.78, 5) is 12.8. The van der Waals surface area contributed by atoms with Crippen LogP contribution in [-0.4, -0.2) is 80.0 Å². The highest BCUT2D eigenvalue weighted by Gasteiger charge is 2.29. The molecule has 0 aliphatic heterocycles. The molecular weight excluding hydrogens is 484 g/mol. The third-order valence-corrected chi connectivity index (χ3v) is 5.83. The zero-order valence-corrected chi connectivity index (χ0v) is 20.8. The van der Waals surface area contributed by atoms with E-state index in [2.05, 4.69) is 29.9 Å². The minimum Gasteiger partial charge on any atom is -0.382 e. The van der Waals surface area contributed by atoms with Gasteiger partial charge in [0.2, 0.25) is 5.95 Å². The van der Waals surface area contributed by atoms with E-state index in [1.165, 1.54) is 19.5 Å². The summed E-state index contributed by atoms with van der Waals surface area (Å²) < 4.78 is 22.1. The average molecular weight is 511 g/mol. The zero-order valence-electron chi connectivity index (χ0n) is 19.2. The van der Waals surface area contributed by atoms with Crippen molar-refractivity contribution in [1.29, 1.82) is 0 Å². The monoisotopic (exact) mass is 510 g/mol. The Bertz CT molecular complexity index is 1010. The summed E-state index contributed by atoms with van der Waals surface area (Å²) in [6.45, 7) is 2.47. The number of hydrogen-bond donors (Lipinski definition) is 2. The highest BCUT2D eigenvalue weighted by molar-refractivity contribution is 7.98. The van der Waals surface area contributed by atoms with Gasteiger partial charge in [-0.05, 0) is 19.1 Å². The molecule has 0 aliphatic rings. The Morgan fingerprint density at radius 1 is 1.12 bits per heavy atom. The number of methoxy groups -OCH3 is 3.